The molecule has 1 atom stereocenters. The molecule has 0 spiro atoms. The van der Waals surface area contributed by atoms with Crippen LogP contribution in [-0.2, 0) is 11.2 Å². The fraction of sp³-hybridized carbons (Fsp3) is 0.125. The van der Waals surface area contributed by atoms with Crippen LogP contribution < -0.4 is 5.32 Å². The number of H-pyrrole nitrogens is 1. The smallest absolute Gasteiger partial charge is 0.321 e. The van der Waals surface area contributed by atoms with Gasteiger partial charge in [0.05, 0.1) is 6.04 Å². The lowest BCUT2D eigenvalue weighted by molar-refractivity contribution is -0.139. The molecule has 0 aliphatic rings. The Morgan fingerprint density at radius 3 is 2.04 bits per heavy atom. The molecule has 4 rings (SSSR count). The van der Waals surface area contributed by atoms with Gasteiger partial charge in [0.1, 0.15) is 6.04 Å². The molecule has 0 saturated carbocycles. The van der Waals surface area contributed by atoms with Crippen molar-refractivity contribution in [3.8, 4) is 0 Å². The quantitative estimate of drug-likeness (QED) is 0.447. The minimum atomic E-state index is -0.859. The Morgan fingerprint density at radius 2 is 1.43 bits per heavy atom. The summed E-state index contributed by atoms with van der Waals surface area (Å²) in [5, 5.41) is 14.4. The molecule has 4 aromatic rings. The second-order valence-electron chi connectivity index (χ2n) is 6.88. The summed E-state index contributed by atoms with van der Waals surface area (Å²) < 4.78 is 0. The van der Waals surface area contributed by atoms with Crippen LogP contribution in [0.4, 0.5) is 0 Å². The molecule has 3 N–H and O–H groups in total. The molecule has 0 amide bonds. The van der Waals surface area contributed by atoms with Gasteiger partial charge in [-0.05, 0) is 22.8 Å². The van der Waals surface area contributed by atoms with Gasteiger partial charge in [0.25, 0.3) is 0 Å². The molecular weight excluding hydrogens is 348 g/mol. The first-order valence-corrected chi connectivity index (χ1v) is 9.36. The molecule has 4 nitrogen and oxygen atoms in total. The van der Waals surface area contributed by atoms with Crippen molar-refractivity contribution < 1.29 is 9.90 Å². The first kappa shape index (κ1) is 18.0. The monoisotopic (exact) mass is 370 g/mol. The van der Waals surface area contributed by atoms with E-state index < -0.39 is 12.0 Å². The van der Waals surface area contributed by atoms with Gasteiger partial charge in [-0.25, -0.2) is 0 Å². The molecular formula is C24H22N2O2. The van der Waals surface area contributed by atoms with Crippen LogP contribution in [0.25, 0.3) is 10.9 Å². The van der Waals surface area contributed by atoms with E-state index in [-0.39, 0.29) is 6.04 Å². The van der Waals surface area contributed by atoms with Crippen LogP contribution in [0.5, 0.6) is 0 Å². The van der Waals surface area contributed by atoms with Crippen molar-refractivity contribution in [2.24, 2.45) is 0 Å². The highest BCUT2D eigenvalue weighted by atomic mass is 16.4. The minimum Gasteiger partial charge on any atom is -0.480 e. The number of carboxylic acids is 1. The molecule has 0 aliphatic carbocycles. The van der Waals surface area contributed by atoms with E-state index in [1.165, 1.54) is 0 Å². The van der Waals surface area contributed by atoms with Gasteiger partial charge in [0, 0.05) is 23.5 Å². The number of hydrogen-bond donors (Lipinski definition) is 3. The zero-order chi connectivity index (χ0) is 19.3. The van der Waals surface area contributed by atoms with Gasteiger partial charge in [-0.2, -0.15) is 0 Å². The van der Waals surface area contributed by atoms with Gasteiger partial charge in [-0.3, -0.25) is 10.1 Å². The van der Waals surface area contributed by atoms with Crippen molar-refractivity contribution >= 4 is 16.9 Å². The van der Waals surface area contributed by atoms with Crippen LogP contribution in [0.3, 0.4) is 0 Å². The number of benzene rings is 3. The Hall–Kier alpha value is -3.37. The molecule has 4 heteroatoms. The summed E-state index contributed by atoms with van der Waals surface area (Å²) >= 11 is 0. The van der Waals surface area contributed by atoms with Gasteiger partial charge >= 0.3 is 5.97 Å². The van der Waals surface area contributed by atoms with Crippen LogP contribution in [0.1, 0.15) is 22.7 Å². The number of nitrogens with one attached hydrogen (secondary N) is 2. The number of carbonyl (C=O) groups is 1. The second-order valence-corrected chi connectivity index (χ2v) is 6.88. The third-order valence-electron chi connectivity index (χ3n) is 5.03. The zero-order valence-corrected chi connectivity index (χ0v) is 15.4. The largest absolute Gasteiger partial charge is 0.480 e. The SMILES string of the molecule is O=C(O)[C@H](Cc1c[nH]c2ccccc12)NC(c1ccccc1)c1ccccc1. The summed E-state index contributed by atoms with van der Waals surface area (Å²) in [6, 6.07) is 27.0. The first-order valence-electron chi connectivity index (χ1n) is 9.36. The van der Waals surface area contributed by atoms with Crippen LogP contribution in [-0.4, -0.2) is 22.1 Å². The van der Waals surface area contributed by atoms with E-state index in [1.807, 2.05) is 91.1 Å². The second kappa shape index (κ2) is 8.11. The van der Waals surface area contributed by atoms with Crippen molar-refractivity contribution in [3.05, 3.63) is 108 Å². The van der Waals surface area contributed by atoms with Gasteiger partial charge in [-0.15, -0.1) is 0 Å². The molecule has 0 aliphatic heterocycles. The van der Waals surface area contributed by atoms with Crippen molar-refractivity contribution in [3.63, 3.8) is 0 Å². The molecule has 28 heavy (non-hydrogen) atoms. The van der Waals surface area contributed by atoms with Gasteiger partial charge < -0.3 is 10.1 Å². The Labute approximate surface area is 163 Å². The zero-order valence-electron chi connectivity index (χ0n) is 15.4. The maximum absolute atomic E-state index is 12.1. The topological polar surface area (TPSA) is 65.1 Å². The number of para-hydroxylation sites is 1. The van der Waals surface area contributed by atoms with E-state index >= 15 is 0 Å². The summed E-state index contributed by atoms with van der Waals surface area (Å²) in [6.07, 6.45) is 2.30. The summed E-state index contributed by atoms with van der Waals surface area (Å²) in [5.41, 5.74) is 4.09. The molecule has 0 unspecified atom stereocenters. The first-order chi connectivity index (χ1) is 13.7. The summed E-state index contributed by atoms with van der Waals surface area (Å²) in [7, 11) is 0. The minimum absolute atomic E-state index is 0.200. The number of carboxylic acid groups (broad SMARTS) is 1. The van der Waals surface area contributed by atoms with Crippen molar-refractivity contribution in [1.82, 2.24) is 10.3 Å². The lowest BCUT2D eigenvalue weighted by atomic mass is 9.96. The highest BCUT2D eigenvalue weighted by molar-refractivity contribution is 5.84. The molecule has 3 aromatic carbocycles. The average molecular weight is 370 g/mol. The highest BCUT2D eigenvalue weighted by Gasteiger charge is 2.25. The number of aliphatic carboxylic acids is 1. The Kier molecular flexibility index (Phi) is 5.22. The van der Waals surface area contributed by atoms with E-state index in [0.29, 0.717) is 6.42 Å². The number of aromatic amines is 1. The molecule has 0 radical (unpaired) electrons. The van der Waals surface area contributed by atoms with Crippen molar-refractivity contribution in [2.45, 2.75) is 18.5 Å². The Morgan fingerprint density at radius 1 is 0.857 bits per heavy atom. The lowest BCUT2D eigenvalue weighted by Crippen LogP contribution is -2.41. The number of fused-ring (bicyclic) bond motifs is 1. The third-order valence-corrected chi connectivity index (χ3v) is 5.03. The lowest BCUT2D eigenvalue weighted by Gasteiger charge is -2.24. The molecule has 140 valence electrons. The normalized spacial score (nSPS) is 12.3. The van der Waals surface area contributed by atoms with Crippen molar-refractivity contribution in [2.75, 3.05) is 0 Å². The summed E-state index contributed by atoms with van der Waals surface area (Å²) in [4.78, 5) is 15.3. The average Bonchev–Trinajstić information content (AvgIpc) is 3.15. The predicted octanol–water partition coefficient (Wildman–Crippen LogP) is 4.54. The van der Waals surface area contributed by atoms with E-state index in [9.17, 15) is 9.90 Å². The number of rotatable bonds is 7. The molecule has 0 fully saturated rings. The summed E-state index contributed by atoms with van der Waals surface area (Å²) in [5.74, 6) is -0.859. The van der Waals surface area contributed by atoms with E-state index in [4.69, 9.17) is 0 Å². The fourth-order valence-electron chi connectivity index (χ4n) is 3.61. The Balaban J connectivity index is 1.65. The van der Waals surface area contributed by atoms with Gasteiger partial charge in [0.15, 0.2) is 0 Å². The fourth-order valence-corrected chi connectivity index (χ4v) is 3.61. The predicted molar refractivity (Wildman–Crippen MR) is 111 cm³/mol. The molecule has 0 bridgehead atoms. The van der Waals surface area contributed by atoms with E-state index in [0.717, 1.165) is 27.6 Å². The third kappa shape index (κ3) is 3.82. The van der Waals surface area contributed by atoms with E-state index in [1.54, 1.807) is 0 Å². The molecule has 1 heterocycles. The van der Waals surface area contributed by atoms with Gasteiger partial charge in [-0.1, -0.05) is 78.9 Å². The van der Waals surface area contributed by atoms with Crippen molar-refractivity contribution in [1.29, 1.82) is 0 Å². The maximum Gasteiger partial charge on any atom is 0.321 e. The van der Waals surface area contributed by atoms with Gasteiger partial charge in [0.2, 0.25) is 0 Å². The van der Waals surface area contributed by atoms with Crippen LogP contribution in [0.2, 0.25) is 0 Å². The van der Waals surface area contributed by atoms with Crippen LogP contribution in [0, 0.1) is 0 Å². The summed E-state index contributed by atoms with van der Waals surface area (Å²) in [6.45, 7) is 0. The standard InChI is InChI=1S/C24H22N2O2/c27-24(28)22(15-19-16-25-21-14-8-7-13-20(19)21)26-23(17-9-3-1-4-10-17)18-11-5-2-6-12-18/h1-14,16,22-23,25-26H,15H2,(H,27,28)/t22-/m0/s1. The van der Waals surface area contributed by atoms with E-state index in [2.05, 4.69) is 10.3 Å². The molecule has 0 saturated heterocycles. The van der Waals surface area contributed by atoms with Crippen LogP contribution in [0.15, 0.2) is 91.1 Å². The Bertz CT molecular complexity index is 1020. The molecule has 1 aromatic heterocycles. The van der Waals surface area contributed by atoms with Crippen LogP contribution >= 0.6 is 0 Å². The number of hydrogen-bond acceptors (Lipinski definition) is 2. The highest BCUT2D eigenvalue weighted by Crippen LogP contribution is 2.24. The maximum atomic E-state index is 12.1. The number of aromatic nitrogens is 1.